The Morgan fingerprint density at radius 2 is 1.87 bits per heavy atom. The Labute approximate surface area is 141 Å². The van der Waals surface area contributed by atoms with Gasteiger partial charge in [0.05, 0.1) is 0 Å². The molecule has 0 bridgehead atoms. The van der Waals surface area contributed by atoms with Crippen LogP contribution in [-0.2, 0) is 0 Å². The SMILES string of the molecule is CSc1nc(-c2ccccc2)nc(N2CCC(C)CC2)c1C#N. The maximum atomic E-state index is 9.60. The van der Waals surface area contributed by atoms with Crippen LogP contribution in [0.3, 0.4) is 0 Å². The monoisotopic (exact) mass is 324 g/mol. The van der Waals surface area contributed by atoms with Gasteiger partial charge in [-0.05, 0) is 25.0 Å². The zero-order chi connectivity index (χ0) is 16.2. The van der Waals surface area contributed by atoms with E-state index in [4.69, 9.17) is 4.98 Å². The van der Waals surface area contributed by atoms with Gasteiger partial charge in [-0.3, -0.25) is 0 Å². The van der Waals surface area contributed by atoms with Crippen molar-refractivity contribution in [1.29, 1.82) is 5.26 Å². The summed E-state index contributed by atoms with van der Waals surface area (Å²) in [5, 5.41) is 10.4. The molecule has 4 nitrogen and oxygen atoms in total. The molecule has 1 aliphatic rings. The first-order chi connectivity index (χ1) is 11.2. The zero-order valence-electron chi connectivity index (χ0n) is 13.5. The number of rotatable bonds is 3. The van der Waals surface area contributed by atoms with Crippen molar-refractivity contribution < 1.29 is 0 Å². The summed E-state index contributed by atoms with van der Waals surface area (Å²) in [5.74, 6) is 2.23. The van der Waals surface area contributed by atoms with E-state index >= 15 is 0 Å². The van der Waals surface area contributed by atoms with E-state index in [-0.39, 0.29) is 0 Å². The fourth-order valence-electron chi connectivity index (χ4n) is 2.84. The molecule has 1 aromatic heterocycles. The summed E-state index contributed by atoms with van der Waals surface area (Å²) in [6.45, 7) is 4.19. The highest BCUT2D eigenvalue weighted by Gasteiger charge is 2.23. The van der Waals surface area contributed by atoms with Crippen molar-refractivity contribution in [1.82, 2.24) is 9.97 Å². The second-order valence-electron chi connectivity index (χ2n) is 5.90. The van der Waals surface area contributed by atoms with Gasteiger partial charge in [-0.15, -0.1) is 11.8 Å². The number of hydrogen-bond acceptors (Lipinski definition) is 5. The van der Waals surface area contributed by atoms with Gasteiger partial charge in [0, 0.05) is 18.7 Å². The molecule has 5 heteroatoms. The quantitative estimate of drug-likeness (QED) is 0.631. The molecule has 118 valence electrons. The van der Waals surface area contributed by atoms with E-state index < -0.39 is 0 Å². The Morgan fingerprint density at radius 3 is 2.48 bits per heavy atom. The van der Waals surface area contributed by atoms with Crippen LogP contribution in [-0.4, -0.2) is 29.3 Å². The van der Waals surface area contributed by atoms with Gasteiger partial charge in [0.25, 0.3) is 0 Å². The van der Waals surface area contributed by atoms with Crippen LogP contribution in [0.15, 0.2) is 35.4 Å². The molecule has 2 aromatic rings. The molecular weight excluding hydrogens is 304 g/mol. The van der Waals surface area contributed by atoms with Gasteiger partial charge in [-0.25, -0.2) is 9.97 Å². The van der Waals surface area contributed by atoms with E-state index in [0.29, 0.717) is 11.4 Å². The van der Waals surface area contributed by atoms with Crippen molar-refractivity contribution in [2.45, 2.75) is 24.8 Å². The number of nitrogens with zero attached hydrogens (tertiary/aromatic N) is 4. The van der Waals surface area contributed by atoms with Crippen LogP contribution in [0.25, 0.3) is 11.4 Å². The molecule has 1 aliphatic heterocycles. The Morgan fingerprint density at radius 1 is 1.17 bits per heavy atom. The van der Waals surface area contributed by atoms with Gasteiger partial charge < -0.3 is 4.90 Å². The topological polar surface area (TPSA) is 52.8 Å². The number of piperidine rings is 1. The highest BCUT2D eigenvalue weighted by molar-refractivity contribution is 7.98. The molecule has 1 saturated heterocycles. The Bertz CT molecular complexity index is 716. The first-order valence-corrected chi connectivity index (χ1v) is 9.12. The number of aromatic nitrogens is 2. The molecule has 0 spiro atoms. The summed E-state index contributed by atoms with van der Waals surface area (Å²) < 4.78 is 0. The van der Waals surface area contributed by atoms with Gasteiger partial charge in [0.15, 0.2) is 11.6 Å². The van der Waals surface area contributed by atoms with E-state index in [1.165, 1.54) is 11.8 Å². The minimum absolute atomic E-state index is 0.603. The predicted octanol–water partition coefficient (Wildman–Crippen LogP) is 3.97. The van der Waals surface area contributed by atoms with E-state index in [9.17, 15) is 5.26 Å². The summed E-state index contributed by atoms with van der Waals surface area (Å²) in [5.41, 5.74) is 1.59. The van der Waals surface area contributed by atoms with E-state index in [1.807, 2.05) is 36.6 Å². The largest absolute Gasteiger partial charge is 0.355 e. The van der Waals surface area contributed by atoms with Crippen molar-refractivity contribution in [3.05, 3.63) is 35.9 Å². The van der Waals surface area contributed by atoms with E-state index in [1.54, 1.807) is 0 Å². The van der Waals surface area contributed by atoms with Gasteiger partial charge in [-0.2, -0.15) is 5.26 Å². The molecule has 0 radical (unpaired) electrons. The predicted molar refractivity (Wildman–Crippen MR) is 94.6 cm³/mol. The minimum Gasteiger partial charge on any atom is -0.355 e. The molecular formula is C18H20N4S. The van der Waals surface area contributed by atoms with Crippen LogP contribution in [0.4, 0.5) is 5.82 Å². The third kappa shape index (κ3) is 3.32. The Balaban J connectivity index is 2.08. The molecule has 1 aromatic carbocycles. The number of hydrogen-bond donors (Lipinski definition) is 0. The van der Waals surface area contributed by atoms with Crippen LogP contribution in [0, 0.1) is 17.2 Å². The lowest BCUT2D eigenvalue weighted by Crippen LogP contribution is -2.34. The summed E-state index contributed by atoms with van der Waals surface area (Å²) in [6.07, 6.45) is 4.24. The van der Waals surface area contributed by atoms with Crippen LogP contribution in [0.2, 0.25) is 0 Å². The zero-order valence-corrected chi connectivity index (χ0v) is 14.3. The molecule has 0 aliphatic carbocycles. The molecule has 0 unspecified atom stereocenters. The lowest BCUT2D eigenvalue weighted by Gasteiger charge is -2.32. The lowest BCUT2D eigenvalue weighted by molar-refractivity contribution is 0.436. The Kier molecular flexibility index (Phi) is 4.82. The molecule has 2 heterocycles. The van der Waals surface area contributed by atoms with E-state index in [0.717, 1.165) is 48.3 Å². The van der Waals surface area contributed by atoms with Crippen LogP contribution in [0.1, 0.15) is 25.3 Å². The molecule has 0 saturated carbocycles. The molecule has 1 fully saturated rings. The third-order valence-corrected chi connectivity index (χ3v) is 4.96. The summed E-state index contributed by atoms with van der Waals surface area (Å²) in [7, 11) is 0. The summed E-state index contributed by atoms with van der Waals surface area (Å²) >= 11 is 1.51. The number of benzene rings is 1. The van der Waals surface area contributed by atoms with Crippen molar-refractivity contribution in [2.24, 2.45) is 5.92 Å². The standard InChI is InChI=1S/C18H20N4S/c1-13-8-10-22(11-9-13)17-15(12-19)18(23-2)21-16(20-17)14-6-4-3-5-7-14/h3-7,13H,8-11H2,1-2H3. The van der Waals surface area contributed by atoms with Crippen LogP contribution in [0.5, 0.6) is 0 Å². The normalized spacial score (nSPS) is 15.4. The maximum Gasteiger partial charge on any atom is 0.162 e. The maximum absolute atomic E-state index is 9.60. The number of anilines is 1. The summed E-state index contributed by atoms with van der Waals surface area (Å²) in [4.78, 5) is 11.6. The molecule has 0 N–H and O–H groups in total. The van der Waals surface area contributed by atoms with Crippen LogP contribution < -0.4 is 4.90 Å². The number of nitriles is 1. The Hall–Kier alpha value is -2.06. The molecule has 23 heavy (non-hydrogen) atoms. The highest BCUT2D eigenvalue weighted by atomic mass is 32.2. The van der Waals surface area contributed by atoms with Gasteiger partial charge in [0.1, 0.15) is 16.7 Å². The van der Waals surface area contributed by atoms with Gasteiger partial charge >= 0.3 is 0 Å². The summed E-state index contributed by atoms with van der Waals surface area (Å²) in [6, 6.07) is 12.3. The average Bonchev–Trinajstić information content (AvgIpc) is 2.62. The molecule has 0 amide bonds. The smallest absolute Gasteiger partial charge is 0.162 e. The van der Waals surface area contributed by atoms with E-state index in [2.05, 4.69) is 22.9 Å². The number of thioether (sulfide) groups is 1. The molecule has 0 atom stereocenters. The fourth-order valence-corrected chi connectivity index (χ4v) is 3.36. The minimum atomic E-state index is 0.603. The first kappa shape index (κ1) is 15.8. The second-order valence-corrected chi connectivity index (χ2v) is 6.70. The third-order valence-electron chi connectivity index (χ3n) is 4.28. The highest BCUT2D eigenvalue weighted by Crippen LogP contribution is 2.31. The van der Waals surface area contributed by atoms with Gasteiger partial charge in [-0.1, -0.05) is 37.3 Å². The van der Waals surface area contributed by atoms with Crippen LogP contribution >= 0.6 is 11.8 Å². The lowest BCUT2D eigenvalue weighted by atomic mass is 9.99. The average molecular weight is 324 g/mol. The van der Waals surface area contributed by atoms with Crippen molar-refractivity contribution in [3.8, 4) is 17.5 Å². The first-order valence-electron chi connectivity index (χ1n) is 7.89. The molecule has 3 rings (SSSR count). The fraction of sp³-hybridized carbons (Fsp3) is 0.389. The second kappa shape index (κ2) is 7.01. The van der Waals surface area contributed by atoms with Crippen molar-refractivity contribution in [2.75, 3.05) is 24.2 Å². The van der Waals surface area contributed by atoms with Crippen molar-refractivity contribution in [3.63, 3.8) is 0 Å². The van der Waals surface area contributed by atoms with Gasteiger partial charge in [0.2, 0.25) is 0 Å². The van der Waals surface area contributed by atoms with Crippen molar-refractivity contribution >= 4 is 17.6 Å².